The fourth-order valence-electron chi connectivity index (χ4n) is 2.06. The molecule has 2 rings (SSSR count). The minimum absolute atomic E-state index is 0. The second-order valence-electron chi connectivity index (χ2n) is 5.92. The van der Waals surface area contributed by atoms with Crippen LogP contribution in [0.3, 0.4) is 0 Å². The van der Waals surface area contributed by atoms with Crippen LogP contribution in [-0.4, -0.2) is 6.88 Å². The summed E-state index contributed by atoms with van der Waals surface area (Å²) in [7, 11) is 0. The van der Waals surface area contributed by atoms with E-state index in [1.165, 1.54) is 56.9 Å². The molecule has 0 aromatic rings. The predicted molar refractivity (Wildman–Crippen MR) is 130 cm³/mol. The molecule has 0 N–H and O–H groups in total. The minimum atomic E-state index is -3.08. The van der Waals surface area contributed by atoms with Crippen LogP contribution in [0.5, 0.6) is 0 Å². The van der Waals surface area contributed by atoms with Crippen molar-refractivity contribution in [2.24, 2.45) is 0 Å². The first-order valence-electron chi connectivity index (χ1n) is 10.0. The molecule has 2 aliphatic carbocycles. The average molecular weight is 563 g/mol. The third-order valence-corrected chi connectivity index (χ3v) is 3.53. The molecule has 0 radical (unpaired) electrons. The summed E-state index contributed by atoms with van der Waals surface area (Å²) in [6.45, 7) is 6.86. The van der Waals surface area contributed by atoms with Gasteiger partial charge in [-0.2, -0.15) is 18.6 Å². The van der Waals surface area contributed by atoms with Crippen LogP contribution < -0.4 is 0 Å². The first kappa shape index (κ1) is 40.8. The molecule has 2 aliphatic rings. The Morgan fingerprint density at radius 3 is 1.83 bits per heavy atom. The maximum atomic E-state index is 9.58. The molecule has 0 nitrogen and oxygen atoms in total. The van der Waals surface area contributed by atoms with Crippen LogP contribution in [-0.2, 0) is 23.3 Å². The van der Waals surface area contributed by atoms with Crippen LogP contribution in [0.2, 0.25) is 0 Å². The van der Waals surface area contributed by atoms with Gasteiger partial charge in [-0.1, -0.05) is 65.2 Å². The fourth-order valence-corrected chi connectivity index (χ4v) is 2.06. The third-order valence-electron chi connectivity index (χ3n) is 3.53. The number of hydrogen-bond acceptors (Lipinski definition) is 0. The van der Waals surface area contributed by atoms with Crippen molar-refractivity contribution in [1.82, 2.24) is 0 Å². The normalized spacial score (nSPS) is 11.7. The molecule has 178 valence electrons. The Kier molecular flexibility index (Phi) is 54.1. The van der Waals surface area contributed by atoms with Crippen molar-refractivity contribution in [1.29, 1.82) is 0 Å². The van der Waals surface area contributed by atoms with E-state index < -0.39 is 6.68 Å². The summed E-state index contributed by atoms with van der Waals surface area (Å²) in [6, 6.07) is 0. The summed E-state index contributed by atoms with van der Waals surface area (Å²) in [6.07, 6.45) is 30.7. The van der Waals surface area contributed by atoms with Crippen LogP contribution >= 0.6 is 24.8 Å². The van der Waals surface area contributed by atoms with Crippen LogP contribution in [0.4, 0.5) is 13.2 Å². The number of unbranched alkanes of at least 4 members (excludes halogenated alkanes) is 6. The van der Waals surface area contributed by atoms with Crippen molar-refractivity contribution in [3.63, 3.8) is 0 Å². The molecule has 0 fully saturated rings. The van der Waals surface area contributed by atoms with Crippen molar-refractivity contribution in [3.8, 4) is 0 Å². The Labute approximate surface area is 213 Å². The summed E-state index contributed by atoms with van der Waals surface area (Å²) in [5.41, 5.74) is 1.51. The van der Waals surface area contributed by atoms with E-state index in [4.69, 9.17) is 0 Å². The van der Waals surface area contributed by atoms with Gasteiger partial charge in [0, 0.05) is 0 Å². The van der Waals surface area contributed by atoms with Crippen molar-refractivity contribution >= 4 is 31.7 Å². The van der Waals surface area contributed by atoms with E-state index in [9.17, 15) is 13.2 Å². The first-order valence-corrected chi connectivity index (χ1v) is 16.0. The zero-order chi connectivity index (χ0) is 21.9. The molecule has 0 aromatic carbocycles. The Balaban J connectivity index is -0.000000103. The topological polar surface area (TPSA) is 0 Å². The van der Waals surface area contributed by atoms with E-state index in [1.807, 2.05) is 19.0 Å². The molecule has 0 saturated heterocycles. The van der Waals surface area contributed by atoms with Gasteiger partial charge in [-0.25, -0.2) is 23.8 Å². The van der Waals surface area contributed by atoms with Gasteiger partial charge >= 0.3 is 30.2 Å². The van der Waals surface area contributed by atoms with E-state index in [1.54, 1.807) is 23.3 Å². The van der Waals surface area contributed by atoms with Gasteiger partial charge in [0.2, 0.25) is 0 Å². The number of hydrogen-bond donors (Lipinski definition) is 0. The molecule has 0 heterocycles. The molecule has 0 aromatic heterocycles. The predicted octanol–water partition coefficient (Wildman–Crippen LogP) is 8.62. The second-order valence-corrected chi connectivity index (χ2v) is 5.92. The van der Waals surface area contributed by atoms with Crippen molar-refractivity contribution in [2.45, 2.75) is 84.5 Å². The Hall–Kier alpha value is 0.430. The van der Waals surface area contributed by atoms with Crippen LogP contribution in [0.25, 0.3) is 0 Å². The second kappa shape index (κ2) is 39.9. The molecular formula is C23H39Cl2F3SiZr-4. The quantitative estimate of drug-likeness (QED) is 0.158. The molecule has 30 heavy (non-hydrogen) atoms. The molecule has 0 amide bonds. The molecule has 0 unspecified atom stereocenters. The zero-order valence-corrected chi connectivity index (χ0v) is 24.0. The van der Waals surface area contributed by atoms with Crippen molar-refractivity contribution < 1.29 is 36.5 Å². The van der Waals surface area contributed by atoms with Gasteiger partial charge in [0.15, 0.2) is 6.68 Å². The molecule has 0 aliphatic heterocycles. The summed E-state index contributed by atoms with van der Waals surface area (Å²) in [5.74, 6) is 0. The van der Waals surface area contributed by atoms with E-state index in [0.717, 1.165) is 19.3 Å². The van der Waals surface area contributed by atoms with E-state index in [2.05, 4.69) is 51.2 Å². The Morgan fingerprint density at radius 2 is 1.50 bits per heavy atom. The van der Waals surface area contributed by atoms with Gasteiger partial charge in [0.25, 0.3) is 0 Å². The van der Waals surface area contributed by atoms with Crippen molar-refractivity contribution in [2.75, 3.05) is 0 Å². The zero-order valence-electron chi connectivity index (χ0n) is 18.5. The van der Waals surface area contributed by atoms with Gasteiger partial charge in [0.05, 0.1) is 0 Å². The Morgan fingerprint density at radius 1 is 0.967 bits per heavy atom. The molecule has 0 bridgehead atoms. The van der Waals surface area contributed by atoms with Crippen LogP contribution in [0, 0.1) is 25.8 Å². The summed E-state index contributed by atoms with van der Waals surface area (Å²) in [5, 5.41) is 0. The van der Waals surface area contributed by atoms with Gasteiger partial charge in [0.1, 0.15) is 0 Å². The average Bonchev–Trinajstić information content (AvgIpc) is 3.43. The van der Waals surface area contributed by atoms with E-state index in [0.29, 0.717) is 0 Å². The number of halogens is 5. The van der Waals surface area contributed by atoms with Gasteiger partial charge in [-0.05, 0) is 0 Å². The molecule has 7 heteroatoms. The van der Waals surface area contributed by atoms with Gasteiger partial charge in [-0.3, -0.25) is 12.2 Å². The molecular weight excluding hydrogens is 523 g/mol. The van der Waals surface area contributed by atoms with Crippen LogP contribution in [0.15, 0.2) is 36.0 Å². The standard InChI is InChI=1S/C13H21.C5H5.C4H9.CF3.2ClH.H2Si.Zr/c1-2-3-4-5-6-7-10-13-11-8-9-12-13;1-2-4-5-3-1;1-3-4-2;2-1(3)4;;;;/h11-12H,2-8,10H2,1H3;1-3H,4H2;1,3-4H2,2H3;;2*1H;1H2;/q4*-1;;;;. The Bertz CT molecular complexity index is 400. The summed E-state index contributed by atoms with van der Waals surface area (Å²) >= 11 is 1.58. The number of allylic oxidation sites excluding steroid dienone is 8. The van der Waals surface area contributed by atoms with Crippen LogP contribution in [0.1, 0.15) is 84.5 Å². The van der Waals surface area contributed by atoms with Crippen molar-refractivity contribution in [3.05, 3.63) is 61.7 Å². The van der Waals surface area contributed by atoms with Gasteiger partial charge in [-0.15, -0.1) is 37.7 Å². The third kappa shape index (κ3) is 46.6. The summed E-state index contributed by atoms with van der Waals surface area (Å²) in [4.78, 5) is 0. The monoisotopic (exact) mass is 560 g/mol. The first-order chi connectivity index (χ1) is 13.6. The van der Waals surface area contributed by atoms with E-state index in [-0.39, 0.29) is 24.8 Å². The maximum absolute atomic E-state index is 9.58. The summed E-state index contributed by atoms with van der Waals surface area (Å²) < 4.78 is 28.8. The molecule has 0 spiro atoms. The molecule has 0 saturated carbocycles. The van der Waals surface area contributed by atoms with E-state index >= 15 is 0 Å². The number of rotatable bonds is 8. The molecule has 0 atom stereocenters. The SMILES string of the molecule is CCCCCCCCC1=CC[C-]=C1.Cl.Cl.F[C-](F)F.[C-]1=CC=CC1.[CH2-]CCC.[SiH2]=[Zr]. The van der Waals surface area contributed by atoms with Gasteiger partial charge < -0.3 is 20.1 Å². The fraction of sp³-hybridized carbons (Fsp3) is 0.565.